The second-order valence-corrected chi connectivity index (χ2v) is 4.45. The van der Waals surface area contributed by atoms with Gasteiger partial charge in [0, 0.05) is 12.0 Å². The van der Waals surface area contributed by atoms with Crippen LogP contribution in [0.5, 0.6) is 5.75 Å². The van der Waals surface area contributed by atoms with Gasteiger partial charge in [0.05, 0.1) is 13.2 Å². The van der Waals surface area contributed by atoms with E-state index in [0.717, 1.165) is 16.9 Å². The Morgan fingerprint density at radius 2 is 1.72 bits per heavy atom. The van der Waals surface area contributed by atoms with Crippen LogP contribution in [0.3, 0.4) is 0 Å². The lowest BCUT2D eigenvalue weighted by molar-refractivity contribution is 0.174. The minimum atomic E-state index is -0.538. The highest BCUT2D eigenvalue weighted by Gasteiger charge is 2.13. The van der Waals surface area contributed by atoms with E-state index in [1.54, 1.807) is 7.11 Å². The molecule has 0 saturated heterocycles. The van der Waals surface area contributed by atoms with Gasteiger partial charge in [0.25, 0.3) is 0 Å². The first kappa shape index (κ1) is 12.7. The van der Waals surface area contributed by atoms with Crippen molar-refractivity contribution in [2.75, 3.05) is 7.11 Å². The van der Waals surface area contributed by atoms with E-state index in [1.165, 1.54) is 5.56 Å². The molecule has 1 N–H and O–H groups in total. The summed E-state index contributed by atoms with van der Waals surface area (Å²) in [6, 6.07) is 15.8. The maximum absolute atomic E-state index is 10.3. The van der Waals surface area contributed by atoms with Crippen LogP contribution in [0.25, 0.3) is 0 Å². The third-order valence-corrected chi connectivity index (χ3v) is 3.05. The first-order valence-corrected chi connectivity index (χ1v) is 6.07. The molecule has 2 heteroatoms. The fourth-order valence-corrected chi connectivity index (χ4v) is 2.00. The van der Waals surface area contributed by atoms with E-state index in [4.69, 9.17) is 4.74 Å². The van der Waals surface area contributed by atoms with Crippen LogP contribution in [0.15, 0.2) is 48.5 Å². The van der Waals surface area contributed by atoms with E-state index in [0.29, 0.717) is 6.42 Å². The molecule has 2 aromatic carbocycles. The first-order chi connectivity index (χ1) is 8.70. The van der Waals surface area contributed by atoms with E-state index >= 15 is 0 Å². The maximum Gasteiger partial charge on any atom is 0.124 e. The van der Waals surface area contributed by atoms with E-state index in [2.05, 4.69) is 19.1 Å². The highest BCUT2D eigenvalue weighted by molar-refractivity contribution is 5.36. The van der Waals surface area contributed by atoms with Crippen molar-refractivity contribution in [1.82, 2.24) is 0 Å². The highest BCUT2D eigenvalue weighted by atomic mass is 16.5. The summed E-state index contributed by atoms with van der Waals surface area (Å²) in [6.07, 6.45) is 0.0598. The topological polar surface area (TPSA) is 29.5 Å². The SMILES string of the molecule is COc1ccccc1C(O)Cc1ccc(C)cc1. The Kier molecular flexibility index (Phi) is 4.00. The van der Waals surface area contributed by atoms with Gasteiger partial charge in [-0.1, -0.05) is 48.0 Å². The Morgan fingerprint density at radius 1 is 1.06 bits per heavy atom. The summed E-state index contributed by atoms with van der Waals surface area (Å²) < 4.78 is 5.26. The molecule has 0 aromatic heterocycles. The molecule has 0 heterocycles. The fourth-order valence-electron chi connectivity index (χ4n) is 2.00. The predicted octanol–water partition coefficient (Wildman–Crippen LogP) is 3.28. The molecule has 0 radical (unpaired) electrons. The largest absolute Gasteiger partial charge is 0.496 e. The van der Waals surface area contributed by atoms with Crippen LogP contribution in [0.2, 0.25) is 0 Å². The summed E-state index contributed by atoms with van der Waals surface area (Å²) in [4.78, 5) is 0. The number of rotatable bonds is 4. The number of hydrogen-bond donors (Lipinski definition) is 1. The average molecular weight is 242 g/mol. The van der Waals surface area contributed by atoms with Gasteiger partial charge >= 0.3 is 0 Å². The van der Waals surface area contributed by atoms with Crippen molar-refractivity contribution in [1.29, 1.82) is 0 Å². The lowest BCUT2D eigenvalue weighted by Gasteiger charge is -2.14. The zero-order valence-corrected chi connectivity index (χ0v) is 10.8. The van der Waals surface area contributed by atoms with Crippen molar-refractivity contribution in [3.8, 4) is 5.75 Å². The maximum atomic E-state index is 10.3. The minimum Gasteiger partial charge on any atom is -0.496 e. The van der Waals surface area contributed by atoms with Crippen LogP contribution in [0.4, 0.5) is 0 Å². The van der Waals surface area contributed by atoms with Crippen LogP contribution < -0.4 is 4.74 Å². The summed E-state index contributed by atoms with van der Waals surface area (Å²) in [5, 5.41) is 10.3. The number of aliphatic hydroxyl groups is 1. The van der Waals surface area contributed by atoms with Crippen LogP contribution in [0, 0.1) is 6.92 Å². The molecule has 1 atom stereocenters. The normalized spacial score (nSPS) is 12.2. The van der Waals surface area contributed by atoms with Gasteiger partial charge in [-0.25, -0.2) is 0 Å². The molecule has 1 unspecified atom stereocenters. The molecular formula is C16H18O2. The lowest BCUT2D eigenvalue weighted by Crippen LogP contribution is -2.04. The van der Waals surface area contributed by atoms with Crippen molar-refractivity contribution in [3.05, 3.63) is 65.2 Å². The molecule has 2 rings (SSSR count). The number of hydrogen-bond acceptors (Lipinski definition) is 2. The molecule has 2 aromatic rings. The van der Waals surface area contributed by atoms with Gasteiger partial charge in [-0.05, 0) is 18.6 Å². The van der Waals surface area contributed by atoms with E-state index in [9.17, 15) is 5.11 Å². The smallest absolute Gasteiger partial charge is 0.124 e. The van der Waals surface area contributed by atoms with E-state index < -0.39 is 6.10 Å². The third-order valence-electron chi connectivity index (χ3n) is 3.05. The first-order valence-electron chi connectivity index (χ1n) is 6.07. The Balaban J connectivity index is 2.16. The van der Waals surface area contributed by atoms with Crippen LogP contribution in [0.1, 0.15) is 22.8 Å². The van der Waals surface area contributed by atoms with Crippen molar-refractivity contribution < 1.29 is 9.84 Å². The second-order valence-electron chi connectivity index (χ2n) is 4.45. The predicted molar refractivity (Wildman–Crippen MR) is 72.8 cm³/mol. The molecule has 0 bridgehead atoms. The molecule has 2 nitrogen and oxygen atoms in total. The molecule has 18 heavy (non-hydrogen) atoms. The molecule has 94 valence electrons. The number of benzene rings is 2. The standard InChI is InChI=1S/C16H18O2/c1-12-7-9-13(10-8-12)11-15(17)14-5-3-4-6-16(14)18-2/h3-10,15,17H,11H2,1-2H3. The third kappa shape index (κ3) is 2.90. The number of aryl methyl sites for hydroxylation is 1. The number of para-hydroxylation sites is 1. The Morgan fingerprint density at radius 3 is 2.39 bits per heavy atom. The summed E-state index contributed by atoms with van der Waals surface area (Å²) in [5.74, 6) is 0.733. The fraction of sp³-hybridized carbons (Fsp3) is 0.250. The van der Waals surface area contributed by atoms with Gasteiger partial charge in [0.2, 0.25) is 0 Å². The van der Waals surface area contributed by atoms with Gasteiger partial charge in [-0.3, -0.25) is 0 Å². The zero-order chi connectivity index (χ0) is 13.0. The molecular weight excluding hydrogens is 224 g/mol. The van der Waals surface area contributed by atoms with Crippen LogP contribution in [-0.2, 0) is 6.42 Å². The van der Waals surface area contributed by atoms with Crippen molar-refractivity contribution in [2.45, 2.75) is 19.4 Å². The molecule has 0 saturated carbocycles. The highest BCUT2D eigenvalue weighted by Crippen LogP contribution is 2.27. The molecule has 0 fully saturated rings. The summed E-state index contributed by atoms with van der Waals surface area (Å²) in [7, 11) is 1.62. The Bertz CT molecular complexity index is 503. The monoisotopic (exact) mass is 242 g/mol. The minimum absolute atomic E-state index is 0.538. The van der Waals surface area contributed by atoms with Crippen molar-refractivity contribution in [3.63, 3.8) is 0 Å². The summed E-state index contributed by atoms with van der Waals surface area (Å²) in [6.45, 7) is 2.06. The van der Waals surface area contributed by atoms with Crippen LogP contribution in [-0.4, -0.2) is 12.2 Å². The van der Waals surface area contributed by atoms with E-state index in [1.807, 2.05) is 36.4 Å². The van der Waals surface area contributed by atoms with Gasteiger partial charge in [-0.2, -0.15) is 0 Å². The van der Waals surface area contributed by atoms with E-state index in [-0.39, 0.29) is 0 Å². The molecule has 0 aliphatic rings. The quantitative estimate of drug-likeness (QED) is 0.891. The van der Waals surface area contributed by atoms with Gasteiger partial charge in [0.15, 0.2) is 0 Å². The van der Waals surface area contributed by atoms with Gasteiger partial charge in [-0.15, -0.1) is 0 Å². The van der Waals surface area contributed by atoms with Crippen molar-refractivity contribution in [2.24, 2.45) is 0 Å². The Hall–Kier alpha value is -1.80. The molecule has 0 aliphatic carbocycles. The van der Waals surface area contributed by atoms with Crippen LogP contribution >= 0.6 is 0 Å². The summed E-state index contributed by atoms with van der Waals surface area (Å²) >= 11 is 0. The lowest BCUT2D eigenvalue weighted by atomic mass is 10.00. The molecule has 0 spiro atoms. The second kappa shape index (κ2) is 5.69. The van der Waals surface area contributed by atoms with Gasteiger partial charge in [0.1, 0.15) is 5.75 Å². The molecule has 0 amide bonds. The average Bonchev–Trinajstić information content (AvgIpc) is 2.41. The van der Waals surface area contributed by atoms with Gasteiger partial charge < -0.3 is 9.84 Å². The number of methoxy groups -OCH3 is 1. The number of ether oxygens (including phenoxy) is 1. The Labute approximate surface area is 108 Å². The summed E-state index contributed by atoms with van der Waals surface area (Å²) in [5.41, 5.74) is 3.19. The molecule has 0 aliphatic heterocycles. The zero-order valence-electron chi connectivity index (χ0n) is 10.8. The van der Waals surface area contributed by atoms with Crippen molar-refractivity contribution >= 4 is 0 Å². The number of aliphatic hydroxyl groups excluding tert-OH is 1.